The molecule has 3 aromatic rings. The minimum atomic E-state index is -4.39. The number of alkyl halides is 3. The molecule has 0 aliphatic rings. The van der Waals surface area contributed by atoms with Gasteiger partial charge in [0.05, 0.1) is 12.1 Å². The molecule has 0 N–H and O–H groups in total. The predicted octanol–water partition coefficient (Wildman–Crippen LogP) is 5.89. The SMILES string of the molecule is COCCCN(Cc1cccn1Cc1cccc(C(F)(F)F)c1)C(=O)c1ccc(Cl)cc1. The molecule has 0 fully saturated rings. The molecule has 8 heteroatoms. The number of nitrogens with zero attached hydrogens (tertiary/aromatic N) is 2. The van der Waals surface area contributed by atoms with E-state index in [1.165, 1.54) is 6.07 Å². The number of carbonyl (C=O) groups excluding carboxylic acids is 1. The third-order valence-electron chi connectivity index (χ3n) is 5.04. The molecule has 0 bridgehead atoms. The van der Waals surface area contributed by atoms with Crippen LogP contribution >= 0.6 is 11.6 Å². The standard InChI is InChI=1S/C24H24ClF3N2O2/c1-32-14-4-13-30(23(31)19-8-10-21(25)11-9-19)17-22-7-3-12-29(22)16-18-5-2-6-20(15-18)24(26,27)28/h2-3,5-12,15H,4,13-14,16-17H2,1H3. The number of methoxy groups -OCH3 is 1. The normalized spacial score (nSPS) is 11.5. The highest BCUT2D eigenvalue weighted by Crippen LogP contribution is 2.29. The summed E-state index contributed by atoms with van der Waals surface area (Å²) in [6.45, 7) is 1.57. The van der Waals surface area contributed by atoms with E-state index in [2.05, 4.69) is 0 Å². The molecule has 3 rings (SSSR count). The quantitative estimate of drug-likeness (QED) is 0.370. The third-order valence-corrected chi connectivity index (χ3v) is 5.29. The van der Waals surface area contributed by atoms with Gasteiger partial charge in [0.25, 0.3) is 5.91 Å². The Bertz CT molecular complexity index is 1030. The van der Waals surface area contributed by atoms with Gasteiger partial charge in [-0.05, 0) is 60.5 Å². The van der Waals surface area contributed by atoms with E-state index in [-0.39, 0.29) is 12.5 Å². The van der Waals surface area contributed by atoms with Crippen LogP contribution in [0.3, 0.4) is 0 Å². The number of amides is 1. The minimum Gasteiger partial charge on any atom is -0.385 e. The molecule has 32 heavy (non-hydrogen) atoms. The van der Waals surface area contributed by atoms with Crippen molar-refractivity contribution in [2.75, 3.05) is 20.3 Å². The zero-order valence-corrected chi connectivity index (χ0v) is 18.4. The molecule has 0 spiro atoms. The minimum absolute atomic E-state index is 0.149. The van der Waals surface area contributed by atoms with Crippen LogP contribution in [0.15, 0.2) is 66.9 Å². The van der Waals surface area contributed by atoms with Crippen molar-refractivity contribution in [3.05, 3.63) is 94.3 Å². The number of ether oxygens (including phenoxy) is 1. The number of halogens is 4. The van der Waals surface area contributed by atoms with Crippen molar-refractivity contribution in [3.8, 4) is 0 Å². The highest BCUT2D eigenvalue weighted by atomic mass is 35.5. The smallest absolute Gasteiger partial charge is 0.385 e. The van der Waals surface area contributed by atoms with Gasteiger partial charge in [-0.25, -0.2) is 0 Å². The fraction of sp³-hybridized carbons (Fsp3) is 0.292. The van der Waals surface area contributed by atoms with Gasteiger partial charge in [-0.1, -0.05) is 23.7 Å². The zero-order chi connectivity index (χ0) is 23.1. The van der Waals surface area contributed by atoms with E-state index < -0.39 is 11.7 Å². The molecule has 0 atom stereocenters. The van der Waals surface area contributed by atoms with E-state index in [0.29, 0.717) is 42.3 Å². The summed E-state index contributed by atoms with van der Waals surface area (Å²) in [7, 11) is 1.60. The number of rotatable bonds is 9. The van der Waals surface area contributed by atoms with E-state index in [9.17, 15) is 18.0 Å². The van der Waals surface area contributed by atoms with Crippen LogP contribution in [0.2, 0.25) is 5.02 Å². The Labute approximate surface area is 190 Å². The van der Waals surface area contributed by atoms with Crippen molar-refractivity contribution >= 4 is 17.5 Å². The van der Waals surface area contributed by atoms with Crippen LogP contribution in [0.25, 0.3) is 0 Å². The Morgan fingerprint density at radius 2 is 1.84 bits per heavy atom. The maximum Gasteiger partial charge on any atom is 0.416 e. The molecule has 170 valence electrons. The van der Waals surface area contributed by atoms with Gasteiger partial charge in [0.1, 0.15) is 0 Å². The molecule has 0 saturated carbocycles. The first-order valence-electron chi connectivity index (χ1n) is 10.1. The topological polar surface area (TPSA) is 34.5 Å². The lowest BCUT2D eigenvalue weighted by atomic mass is 10.1. The summed E-state index contributed by atoms with van der Waals surface area (Å²) < 4.78 is 46.1. The summed E-state index contributed by atoms with van der Waals surface area (Å²) in [5.74, 6) is -0.149. The van der Waals surface area contributed by atoms with Crippen molar-refractivity contribution in [2.45, 2.75) is 25.7 Å². The van der Waals surface area contributed by atoms with Crippen LogP contribution in [0.5, 0.6) is 0 Å². The lowest BCUT2D eigenvalue weighted by Gasteiger charge is -2.24. The molecule has 1 heterocycles. The average molecular weight is 465 g/mol. The zero-order valence-electron chi connectivity index (χ0n) is 17.6. The number of carbonyl (C=O) groups is 1. The van der Waals surface area contributed by atoms with Gasteiger partial charge in [0.2, 0.25) is 0 Å². The third kappa shape index (κ3) is 6.37. The molecular formula is C24H24ClF3N2O2. The van der Waals surface area contributed by atoms with Crippen LogP contribution in [0, 0.1) is 0 Å². The highest BCUT2D eigenvalue weighted by molar-refractivity contribution is 6.30. The lowest BCUT2D eigenvalue weighted by Crippen LogP contribution is -2.33. The molecule has 0 saturated heterocycles. The van der Waals surface area contributed by atoms with Crippen LogP contribution < -0.4 is 0 Å². The second kappa shape index (κ2) is 10.7. The number of hydrogen-bond acceptors (Lipinski definition) is 2. The van der Waals surface area contributed by atoms with Gasteiger partial charge in [-0.15, -0.1) is 0 Å². The first-order chi connectivity index (χ1) is 15.3. The van der Waals surface area contributed by atoms with Crippen molar-refractivity contribution in [1.29, 1.82) is 0 Å². The molecule has 1 amide bonds. The summed E-state index contributed by atoms with van der Waals surface area (Å²) in [5, 5.41) is 0.544. The van der Waals surface area contributed by atoms with Crippen molar-refractivity contribution < 1.29 is 22.7 Å². The van der Waals surface area contributed by atoms with Crippen LogP contribution in [0.4, 0.5) is 13.2 Å². The Morgan fingerprint density at radius 3 is 2.53 bits per heavy atom. The van der Waals surface area contributed by atoms with Gasteiger partial charge >= 0.3 is 6.18 Å². The fourth-order valence-electron chi connectivity index (χ4n) is 3.41. The Hall–Kier alpha value is -2.77. The number of benzene rings is 2. The average Bonchev–Trinajstić information content (AvgIpc) is 3.19. The molecule has 2 aromatic carbocycles. The second-order valence-electron chi connectivity index (χ2n) is 7.41. The predicted molar refractivity (Wildman–Crippen MR) is 118 cm³/mol. The maximum atomic E-state index is 13.1. The van der Waals surface area contributed by atoms with E-state index in [0.717, 1.165) is 17.8 Å². The Kier molecular flexibility index (Phi) is 7.99. The molecule has 1 aromatic heterocycles. The summed E-state index contributed by atoms with van der Waals surface area (Å²) in [6, 6.07) is 15.6. The first-order valence-corrected chi connectivity index (χ1v) is 10.5. The van der Waals surface area contributed by atoms with E-state index >= 15 is 0 Å². The van der Waals surface area contributed by atoms with Crippen molar-refractivity contribution in [3.63, 3.8) is 0 Å². The van der Waals surface area contributed by atoms with Crippen LogP contribution in [0.1, 0.15) is 33.6 Å². The van der Waals surface area contributed by atoms with Gasteiger partial charge in [0.15, 0.2) is 0 Å². The van der Waals surface area contributed by atoms with Crippen LogP contribution in [-0.2, 0) is 24.0 Å². The molecule has 0 unspecified atom stereocenters. The largest absolute Gasteiger partial charge is 0.416 e. The maximum absolute atomic E-state index is 13.1. The Morgan fingerprint density at radius 1 is 1.09 bits per heavy atom. The summed E-state index contributed by atoms with van der Waals surface area (Å²) in [4.78, 5) is 14.8. The monoisotopic (exact) mass is 464 g/mol. The molecule has 0 aliphatic heterocycles. The highest BCUT2D eigenvalue weighted by Gasteiger charge is 2.30. The first kappa shape index (κ1) is 23.9. The Balaban J connectivity index is 1.79. The molecule has 0 aliphatic carbocycles. The second-order valence-corrected chi connectivity index (χ2v) is 7.84. The molecular weight excluding hydrogens is 441 g/mol. The van der Waals surface area contributed by atoms with E-state index in [4.69, 9.17) is 16.3 Å². The lowest BCUT2D eigenvalue weighted by molar-refractivity contribution is -0.137. The van der Waals surface area contributed by atoms with Gasteiger partial charge in [-0.2, -0.15) is 13.2 Å². The van der Waals surface area contributed by atoms with Gasteiger partial charge in [-0.3, -0.25) is 4.79 Å². The van der Waals surface area contributed by atoms with Gasteiger partial charge in [0, 0.05) is 49.3 Å². The molecule has 4 nitrogen and oxygen atoms in total. The molecule has 0 radical (unpaired) electrons. The summed E-state index contributed by atoms with van der Waals surface area (Å²) in [5.41, 5.74) is 1.19. The van der Waals surface area contributed by atoms with Crippen molar-refractivity contribution in [1.82, 2.24) is 9.47 Å². The number of hydrogen-bond donors (Lipinski definition) is 0. The summed E-state index contributed by atoms with van der Waals surface area (Å²) in [6.07, 6.45) is -1.93. The van der Waals surface area contributed by atoms with Crippen molar-refractivity contribution in [2.24, 2.45) is 0 Å². The van der Waals surface area contributed by atoms with Crippen LogP contribution in [-0.4, -0.2) is 35.6 Å². The number of aromatic nitrogens is 1. The van der Waals surface area contributed by atoms with Gasteiger partial charge < -0.3 is 14.2 Å². The summed E-state index contributed by atoms with van der Waals surface area (Å²) >= 11 is 5.94. The fourth-order valence-corrected chi connectivity index (χ4v) is 3.54. The van der Waals surface area contributed by atoms with E-state index in [1.54, 1.807) is 48.5 Å². The van der Waals surface area contributed by atoms with E-state index in [1.807, 2.05) is 16.7 Å².